The Labute approximate surface area is 131 Å². The summed E-state index contributed by atoms with van der Waals surface area (Å²) in [4.78, 5) is 24.3. The molecule has 0 aliphatic carbocycles. The van der Waals surface area contributed by atoms with Crippen molar-refractivity contribution in [2.45, 2.75) is 39.2 Å². The minimum atomic E-state index is -0.185. The van der Waals surface area contributed by atoms with Crippen LogP contribution in [0.25, 0.3) is 0 Å². The number of nitrogens with one attached hydrogen (secondary N) is 2. The maximum Gasteiger partial charge on any atom is 0.253 e. The third-order valence-corrected chi connectivity index (χ3v) is 4.00. The summed E-state index contributed by atoms with van der Waals surface area (Å²) in [6, 6.07) is 7.07. The Bertz CT molecular complexity index is 524. The molecule has 2 rings (SSSR count). The van der Waals surface area contributed by atoms with Crippen molar-refractivity contribution in [3.05, 3.63) is 29.8 Å². The van der Waals surface area contributed by atoms with Crippen LogP contribution in [0.1, 0.15) is 43.5 Å². The molecule has 5 nitrogen and oxygen atoms in total. The Balaban J connectivity index is 2.00. The third kappa shape index (κ3) is 4.31. The number of rotatable bonds is 6. The maximum atomic E-state index is 12.3. The molecule has 1 aliphatic rings. The molecule has 0 aromatic heterocycles. The highest BCUT2D eigenvalue weighted by Gasteiger charge is 2.19. The fraction of sp³-hybridized carbons (Fsp3) is 0.529. The second kappa shape index (κ2) is 7.94. The van der Waals surface area contributed by atoms with Crippen molar-refractivity contribution < 1.29 is 14.3 Å². The lowest BCUT2D eigenvalue weighted by Crippen LogP contribution is -2.32. The first kappa shape index (κ1) is 16.5. The van der Waals surface area contributed by atoms with Crippen LogP contribution in [-0.2, 0) is 9.53 Å². The van der Waals surface area contributed by atoms with Gasteiger partial charge in [0.05, 0.1) is 17.4 Å². The number of benzene rings is 1. The highest BCUT2D eigenvalue weighted by molar-refractivity contribution is 6.04. The van der Waals surface area contributed by atoms with E-state index in [1.54, 1.807) is 18.2 Å². The summed E-state index contributed by atoms with van der Waals surface area (Å²) < 4.78 is 5.50. The summed E-state index contributed by atoms with van der Waals surface area (Å²) in [7, 11) is 0. The third-order valence-electron chi connectivity index (χ3n) is 4.00. The molecule has 0 saturated carbocycles. The topological polar surface area (TPSA) is 67.4 Å². The second-order valence-corrected chi connectivity index (χ2v) is 5.69. The molecule has 1 heterocycles. The van der Waals surface area contributed by atoms with E-state index in [2.05, 4.69) is 10.6 Å². The van der Waals surface area contributed by atoms with Crippen LogP contribution < -0.4 is 10.6 Å². The molecule has 5 heteroatoms. The van der Waals surface area contributed by atoms with E-state index in [0.717, 1.165) is 25.9 Å². The van der Waals surface area contributed by atoms with Crippen LogP contribution in [0, 0.1) is 5.92 Å². The summed E-state index contributed by atoms with van der Waals surface area (Å²) in [6.45, 7) is 5.11. The SMILES string of the molecule is CCC(C)C(=O)Nc1ccccc1C(=O)NCC1CCCO1. The molecule has 1 fully saturated rings. The van der Waals surface area contributed by atoms with Crippen LogP contribution in [0.4, 0.5) is 5.69 Å². The Hall–Kier alpha value is -1.88. The lowest BCUT2D eigenvalue weighted by atomic mass is 10.1. The van der Waals surface area contributed by atoms with Crippen LogP contribution in [0.3, 0.4) is 0 Å². The quantitative estimate of drug-likeness (QED) is 0.849. The van der Waals surface area contributed by atoms with Crippen molar-refractivity contribution >= 4 is 17.5 Å². The van der Waals surface area contributed by atoms with Gasteiger partial charge in [-0.3, -0.25) is 9.59 Å². The number of ether oxygens (including phenoxy) is 1. The Kier molecular flexibility index (Phi) is 5.95. The molecule has 2 atom stereocenters. The minimum Gasteiger partial charge on any atom is -0.376 e. The zero-order valence-corrected chi connectivity index (χ0v) is 13.2. The van der Waals surface area contributed by atoms with Gasteiger partial charge in [0.25, 0.3) is 5.91 Å². The summed E-state index contributed by atoms with van der Waals surface area (Å²) in [5.41, 5.74) is 1.04. The highest BCUT2D eigenvalue weighted by Crippen LogP contribution is 2.17. The van der Waals surface area contributed by atoms with Gasteiger partial charge >= 0.3 is 0 Å². The molecule has 1 aliphatic heterocycles. The van der Waals surface area contributed by atoms with Crippen LogP contribution >= 0.6 is 0 Å². The molecule has 2 amide bonds. The largest absolute Gasteiger partial charge is 0.376 e. The molecular weight excluding hydrogens is 280 g/mol. The van der Waals surface area contributed by atoms with Gasteiger partial charge in [-0.2, -0.15) is 0 Å². The average Bonchev–Trinajstić information content (AvgIpc) is 3.05. The monoisotopic (exact) mass is 304 g/mol. The Morgan fingerprint density at radius 3 is 2.82 bits per heavy atom. The number of carbonyl (C=O) groups excluding carboxylic acids is 2. The predicted octanol–water partition coefficient (Wildman–Crippen LogP) is 2.58. The fourth-order valence-electron chi connectivity index (χ4n) is 2.34. The summed E-state index contributed by atoms with van der Waals surface area (Å²) in [5.74, 6) is -0.333. The van der Waals surface area contributed by atoms with Crippen molar-refractivity contribution in [1.29, 1.82) is 0 Å². The molecule has 0 bridgehead atoms. The van der Waals surface area contributed by atoms with Gasteiger partial charge in [0.1, 0.15) is 0 Å². The molecule has 120 valence electrons. The van der Waals surface area contributed by atoms with E-state index < -0.39 is 0 Å². The highest BCUT2D eigenvalue weighted by atomic mass is 16.5. The number of carbonyl (C=O) groups is 2. The van der Waals surface area contributed by atoms with Gasteiger partial charge in [-0.1, -0.05) is 26.0 Å². The second-order valence-electron chi connectivity index (χ2n) is 5.69. The van der Waals surface area contributed by atoms with Crippen molar-refractivity contribution in [3.63, 3.8) is 0 Å². The van der Waals surface area contributed by atoms with Crippen LogP contribution in [0.2, 0.25) is 0 Å². The van der Waals surface area contributed by atoms with Crippen LogP contribution in [0.5, 0.6) is 0 Å². The number of hydrogen-bond donors (Lipinski definition) is 2. The van der Waals surface area contributed by atoms with E-state index in [4.69, 9.17) is 4.74 Å². The van der Waals surface area contributed by atoms with E-state index in [0.29, 0.717) is 17.8 Å². The Morgan fingerprint density at radius 1 is 1.36 bits per heavy atom. The van der Waals surface area contributed by atoms with Gasteiger partial charge < -0.3 is 15.4 Å². The molecule has 0 radical (unpaired) electrons. The lowest BCUT2D eigenvalue weighted by Gasteiger charge is -2.15. The number of hydrogen-bond acceptors (Lipinski definition) is 3. The standard InChI is InChI=1S/C17H24N2O3/c1-3-12(2)16(20)19-15-9-5-4-8-14(15)17(21)18-11-13-7-6-10-22-13/h4-5,8-9,12-13H,3,6-7,10-11H2,1-2H3,(H,18,21)(H,19,20). The first-order valence-corrected chi connectivity index (χ1v) is 7.91. The number of anilines is 1. The Morgan fingerprint density at radius 2 is 2.14 bits per heavy atom. The molecule has 1 saturated heterocycles. The van der Waals surface area contributed by atoms with Crippen molar-refractivity contribution in [1.82, 2.24) is 5.32 Å². The van der Waals surface area contributed by atoms with E-state index in [9.17, 15) is 9.59 Å². The van der Waals surface area contributed by atoms with Gasteiger partial charge in [0.15, 0.2) is 0 Å². The van der Waals surface area contributed by atoms with Gasteiger partial charge in [0.2, 0.25) is 5.91 Å². The number of para-hydroxylation sites is 1. The molecule has 2 unspecified atom stereocenters. The van der Waals surface area contributed by atoms with Crippen LogP contribution in [0.15, 0.2) is 24.3 Å². The molecule has 1 aromatic carbocycles. The molecule has 2 N–H and O–H groups in total. The maximum absolute atomic E-state index is 12.3. The van der Waals surface area contributed by atoms with Crippen LogP contribution in [-0.4, -0.2) is 31.1 Å². The van der Waals surface area contributed by atoms with E-state index >= 15 is 0 Å². The minimum absolute atomic E-state index is 0.0677. The normalized spacial score (nSPS) is 18.7. The predicted molar refractivity (Wildman–Crippen MR) is 85.8 cm³/mol. The first-order valence-electron chi connectivity index (χ1n) is 7.91. The summed E-state index contributed by atoms with van der Waals surface area (Å²) in [6.07, 6.45) is 2.89. The summed E-state index contributed by atoms with van der Waals surface area (Å²) >= 11 is 0. The zero-order chi connectivity index (χ0) is 15.9. The smallest absolute Gasteiger partial charge is 0.253 e. The van der Waals surface area contributed by atoms with Gasteiger partial charge in [-0.25, -0.2) is 0 Å². The lowest BCUT2D eigenvalue weighted by molar-refractivity contribution is -0.119. The van der Waals surface area contributed by atoms with E-state index in [1.807, 2.05) is 19.9 Å². The number of amides is 2. The molecule has 0 spiro atoms. The molecule has 1 aromatic rings. The van der Waals surface area contributed by atoms with Gasteiger partial charge in [-0.05, 0) is 31.4 Å². The fourth-order valence-corrected chi connectivity index (χ4v) is 2.34. The zero-order valence-electron chi connectivity index (χ0n) is 13.2. The van der Waals surface area contributed by atoms with Crippen molar-refractivity contribution in [2.75, 3.05) is 18.5 Å². The van der Waals surface area contributed by atoms with Gasteiger partial charge in [-0.15, -0.1) is 0 Å². The van der Waals surface area contributed by atoms with Crippen molar-refractivity contribution in [2.24, 2.45) is 5.92 Å². The average molecular weight is 304 g/mol. The van der Waals surface area contributed by atoms with E-state index in [1.165, 1.54) is 0 Å². The van der Waals surface area contributed by atoms with Gasteiger partial charge in [0, 0.05) is 19.1 Å². The molecule has 22 heavy (non-hydrogen) atoms. The first-order chi connectivity index (χ1) is 10.6. The molecular formula is C17H24N2O3. The van der Waals surface area contributed by atoms with Crippen molar-refractivity contribution in [3.8, 4) is 0 Å². The van der Waals surface area contributed by atoms with E-state index in [-0.39, 0.29) is 23.8 Å². The summed E-state index contributed by atoms with van der Waals surface area (Å²) in [5, 5.41) is 5.72.